The molecule has 0 aromatic rings. The molecule has 0 radical (unpaired) electrons. The molecule has 0 unspecified atom stereocenters. The number of nitrogens with zero attached hydrogens (tertiary/aromatic N) is 2. The van der Waals surface area contributed by atoms with Crippen molar-refractivity contribution in [1.29, 1.82) is 0 Å². The molecule has 0 heterocycles. The highest BCUT2D eigenvalue weighted by Gasteiger charge is 1.58. The quantitative estimate of drug-likeness (QED) is 0.369. The Morgan fingerprint density at radius 2 is 2.14 bits per heavy atom. The molecular weight excluding hydrogens is 88.1 g/mol. The van der Waals surface area contributed by atoms with E-state index in [1.807, 2.05) is 13.8 Å². The first kappa shape index (κ1) is 6.34. The fraction of sp³-hybridized carbons (Fsp3) is 0.600. The third-order valence-corrected chi connectivity index (χ3v) is 0.446. The fourth-order valence-electron chi connectivity index (χ4n) is 0.195. The largest absolute Gasteiger partial charge is 0.164 e. The van der Waals surface area contributed by atoms with E-state index in [-0.39, 0.29) is 0 Å². The van der Waals surface area contributed by atoms with Crippen LogP contribution in [0.5, 0.6) is 0 Å². The molecule has 2 heteroatoms. The lowest BCUT2D eigenvalue weighted by atomic mass is 10.6. The van der Waals surface area contributed by atoms with Gasteiger partial charge in [-0.25, -0.2) is 0 Å². The standard InChI is InChI=1S/C5H10N2/c1-3-5-7-6-4-2/h4-5H,3H2,1-2H3. The maximum absolute atomic E-state index is 3.65. The topological polar surface area (TPSA) is 24.7 Å². The van der Waals surface area contributed by atoms with E-state index in [0.29, 0.717) is 0 Å². The van der Waals surface area contributed by atoms with Crippen molar-refractivity contribution in [3.8, 4) is 0 Å². The second-order valence-electron chi connectivity index (χ2n) is 1.08. The van der Waals surface area contributed by atoms with Crippen molar-refractivity contribution in [3.63, 3.8) is 0 Å². The Labute approximate surface area is 44.0 Å². The molecule has 0 aromatic carbocycles. The molecule has 0 fully saturated rings. The van der Waals surface area contributed by atoms with E-state index in [2.05, 4.69) is 10.2 Å². The van der Waals surface area contributed by atoms with E-state index in [4.69, 9.17) is 0 Å². The molecule has 0 aromatic heterocycles. The van der Waals surface area contributed by atoms with Crippen molar-refractivity contribution in [2.45, 2.75) is 20.3 Å². The van der Waals surface area contributed by atoms with Gasteiger partial charge in [0.05, 0.1) is 0 Å². The van der Waals surface area contributed by atoms with Crippen molar-refractivity contribution >= 4 is 12.4 Å². The first-order valence-electron chi connectivity index (χ1n) is 2.41. The molecule has 0 aliphatic carbocycles. The summed E-state index contributed by atoms with van der Waals surface area (Å²) in [6, 6.07) is 0. The summed E-state index contributed by atoms with van der Waals surface area (Å²) < 4.78 is 0. The molecule has 0 spiro atoms. The zero-order valence-electron chi connectivity index (χ0n) is 4.76. The Morgan fingerprint density at radius 1 is 1.43 bits per heavy atom. The molecule has 2 nitrogen and oxygen atoms in total. The Hall–Kier alpha value is -0.660. The minimum atomic E-state index is 0.956. The maximum Gasteiger partial charge on any atom is 0.0267 e. The smallest absolute Gasteiger partial charge is 0.0267 e. The lowest BCUT2D eigenvalue weighted by molar-refractivity contribution is 1.21. The summed E-state index contributed by atoms with van der Waals surface area (Å²) in [4.78, 5) is 0. The predicted molar refractivity (Wildman–Crippen MR) is 32.9 cm³/mol. The van der Waals surface area contributed by atoms with Gasteiger partial charge in [0, 0.05) is 12.4 Å². The maximum atomic E-state index is 3.65. The van der Waals surface area contributed by atoms with Gasteiger partial charge in [-0.3, -0.25) is 0 Å². The first-order valence-corrected chi connectivity index (χ1v) is 2.41. The zero-order valence-corrected chi connectivity index (χ0v) is 4.76. The van der Waals surface area contributed by atoms with E-state index in [9.17, 15) is 0 Å². The van der Waals surface area contributed by atoms with Crippen LogP contribution in [0.4, 0.5) is 0 Å². The van der Waals surface area contributed by atoms with E-state index in [1.54, 1.807) is 12.4 Å². The highest BCUT2D eigenvalue weighted by atomic mass is 15.2. The SMILES string of the molecule is CC=NN=CCC. The van der Waals surface area contributed by atoms with Crippen LogP contribution in [-0.4, -0.2) is 12.4 Å². The summed E-state index contributed by atoms with van der Waals surface area (Å²) >= 11 is 0. The Bertz CT molecular complexity index is 74.1. The summed E-state index contributed by atoms with van der Waals surface area (Å²) in [5.41, 5.74) is 0. The molecular formula is C5H10N2. The summed E-state index contributed by atoms with van der Waals surface area (Å²) in [5, 5.41) is 7.26. The molecule has 0 rings (SSSR count). The van der Waals surface area contributed by atoms with E-state index in [0.717, 1.165) is 6.42 Å². The van der Waals surface area contributed by atoms with Crippen LogP contribution < -0.4 is 0 Å². The Balaban J connectivity index is 3.09. The van der Waals surface area contributed by atoms with Crippen molar-refractivity contribution in [1.82, 2.24) is 0 Å². The monoisotopic (exact) mass is 98.1 g/mol. The van der Waals surface area contributed by atoms with Crippen molar-refractivity contribution in [2.75, 3.05) is 0 Å². The summed E-state index contributed by atoms with van der Waals surface area (Å²) in [5.74, 6) is 0. The third kappa shape index (κ3) is 5.34. The average Bonchev–Trinajstić information content (AvgIpc) is 1.69. The van der Waals surface area contributed by atoms with Crippen LogP contribution in [0.2, 0.25) is 0 Å². The van der Waals surface area contributed by atoms with Crippen molar-refractivity contribution < 1.29 is 0 Å². The molecule has 40 valence electrons. The van der Waals surface area contributed by atoms with Gasteiger partial charge >= 0.3 is 0 Å². The van der Waals surface area contributed by atoms with Gasteiger partial charge in [0.2, 0.25) is 0 Å². The minimum absolute atomic E-state index is 0.956. The van der Waals surface area contributed by atoms with Gasteiger partial charge in [-0.15, -0.1) is 0 Å². The van der Waals surface area contributed by atoms with Gasteiger partial charge in [-0.2, -0.15) is 10.2 Å². The number of rotatable bonds is 2. The second-order valence-corrected chi connectivity index (χ2v) is 1.08. The van der Waals surface area contributed by atoms with Crippen LogP contribution in [0, 0.1) is 0 Å². The molecule has 0 aliphatic heterocycles. The zero-order chi connectivity index (χ0) is 5.54. The van der Waals surface area contributed by atoms with E-state index in [1.165, 1.54) is 0 Å². The normalized spacial score (nSPS) is 11.7. The van der Waals surface area contributed by atoms with Crippen LogP contribution in [-0.2, 0) is 0 Å². The van der Waals surface area contributed by atoms with Gasteiger partial charge in [-0.05, 0) is 13.3 Å². The van der Waals surface area contributed by atoms with Crippen LogP contribution in [0.1, 0.15) is 20.3 Å². The molecule has 0 saturated carbocycles. The van der Waals surface area contributed by atoms with E-state index >= 15 is 0 Å². The molecule has 0 bridgehead atoms. The fourth-order valence-corrected chi connectivity index (χ4v) is 0.195. The van der Waals surface area contributed by atoms with Crippen molar-refractivity contribution in [2.24, 2.45) is 10.2 Å². The second kappa shape index (κ2) is 5.34. The predicted octanol–water partition coefficient (Wildman–Crippen LogP) is 1.47. The molecule has 0 N–H and O–H groups in total. The van der Waals surface area contributed by atoms with Gasteiger partial charge in [0.1, 0.15) is 0 Å². The van der Waals surface area contributed by atoms with Gasteiger partial charge in [0.15, 0.2) is 0 Å². The van der Waals surface area contributed by atoms with Crippen LogP contribution in [0.25, 0.3) is 0 Å². The third-order valence-electron chi connectivity index (χ3n) is 0.446. The molecule has 0 aliphatic rings. The van der Waals surface area contributed by atoms with Gasteiger partial charge < -0.3 is 0 Å². The molecule has 0 atom stereocenters. The van der Waals surface area contributed by atoms with Crippen LogP contribution in [0.3, 0.4) is 0 Å². The van der Waals surface area contributed by atoms with Gasteiger partial charge in [0.25, 0.3) is 0 Å². The van der Waals surface area contributed by atoms with Crippen LogP contribution >= 0.6 is 0 Å². The lowest BCUT2D eigenvalue weighted by Crippen LogP contribution is -1.63. The van der Waals surface area contributed by atoms with Gasteiger partial charge in [-0.1, -0.05) is 6.92 Å². The summed E-state index contributed by atoms with van der Waals surface area (Å²) in [6.07, 6.45) is 4.38. The Morgan fingerprint density at radius 3 is 2.57 bits per heavy atom. The molecule has 7 heavy (non-hydrogen) atoms. The average molecular weight is 98.1 g/mol. The van der Waals surface area contributed by atoms with Crippen LogP contribution in [0.15, 0.2) is 10.2 Å². The lowest BCUT2D eigenvalue weighted by Gasteiger charge is -1.70. The van der Waals surface area contributed by atoms with Crippen molar-refractivity contribution in [3.05, 3.63) is 0 Å². The summed E-state index contributed by atoms with van der Waals surface area (Å²) in [7, 11) is 0. The first-order chi connectivity index (χ1) is 3.41. The Kier molecular flexibility index (Phi) is 4.84. The number of hydrogen-bond donors (Lipinski definition) is 0. The molecule has 0 amide bonds. The number of hydrogen-bond acceptors (Lipinski definition) is 2. The highest BCUT2D eigenvalue weighted by molar-refractivity contribution is 5.59. The highest BCUT2D eigenvalue weighted by Crippen LogP contribution is 1.68. The molecule has 0 saturated heterocycles. The van der Waals surface area contributed by atoms with E-state index < -0.39 is 0 Å². The summed E-state index contributed by atoms with van der Waals surface area (Å²) in [6.45, 7) is 3.86. The minimum Gasteiger partial charge on any atom is -0.164 e.